The number of hydrogen-bond donors (Lipinski definition) is 2. The van der Waals surface area contributed by atoms with Gasteiger partial charge < -0.3 is 5.32 Å². The van der Waals surface area contributed by atoms with E-state index in [0.717, 1.165) is 17.7 Å². The molecule has 0 aliphatic rings. The summed E-state index contributed by atoms with van der Waals surface area (Å²) in [5.74, 6) is -0.944. The largest absolute Gasteiger partial charge is 0.348 e. The van der Waals surface area contributed by atoms with Gasteiger partial charge in [0.1, 0.15) is 10.7 Å². The SMILES string of the molecule is O=C(NCc1ccncc1)c1ccc(Cl)c(S(=O)(=O)Nc2ccc(F)cc2)c1. The number of nitrogens with zero attached hydrogens (tertiary/aromatic N) is 1. The summed E-state index contributed by atoms with van der Waals surface area (Å²) < 4.78 is 40.6. The van der Waals surface area contributed by atoms with E-state index in [2.05, 4.69) is 15.0 Å². The summed E-state index contributed by atoms with van der Waals surface area (Å²) >= 11 is 6.03. The number of hydrogen-bond acceptors (Lipinski definition) is 4. The Kier molecular flexibility index (Phi) is 5.91. The van der Waals surface area contributed by atoms with Gasteiger partial charge in [0.25, 0.3) is 15.9 Å². The highest BCUT2D eigenvalue weighted by molar-refractivity contribution is 7.92. The van der Waals surface area contributed by atoms with Crippen molar-refractivity contribution in [2.45, 2.75) is 11.4 Å². The minimum absolute atomic E-state index is 0.0414. The summed E-state index contributed by atoms with van der Waals surface area (Å²) in [6, 6.07) is 12.3. The molecule has 28 heavy (non-hydrogen) atoms. The van der Waals surface area contributed by atoms with E-state index in [1.165, 1.54) is 30.3 Å². The van der Waals surface area contributed by atoms with Crippen LogP contribution >= 0.6 is 11.6 Å². The number of aromatic nitrogens is 1. The van der Waals surface area contributed by atoms with Crippen molar-refractivity contribution in [3.63, 3.8) is 0 Å². The van der Waals surface area contributed by atoms with Crippen molar-refractivity contribution in [2.75, 3.05) is 4.72 Å². The van der Waals surface area contributed by atoms with Crippen molar-refractivity contribution in [2.24, 2.45) is 0 Å². The van der Waals surface area contributed by atoms with Crippen molar-refractivity contribution in [1.29, 1.82) is 0 Å². The van der Waals surface area contributed by atoms with Crippen LogP contribution in [0.5, 0.6) is 0 Å². The lowest BCUT2D eigenvalue weighted by atomic mass is 10.2. The number of sulfonamides is 1. The van der Waals surface area contributed by atoms with Crippen molar-refractivity contribution in [3.05, 3.63) is 89.0 Å². The molecule has 3 rings (SSSR count). The lowest BCUT2D eigenvalue weighted by Gasteiger charge is -2.11. The Balaban J connectivity index is 1.80. The summed E-state index contributed by atoms with van der Waals surface area (Å²) in [6.07, 6.45) is 3.21. The summed E-state index contributed by atoms with van der Waals surface area (Å²) in [7, 11) is -4.07. The third-order valence-electron chi connectivity index (χ3n) is 3.78. The van der Waals surface area contributed by atoms with E-state index in [9.17, 15) is 17.6 Å². The Labute approximate surface area is 166 Å². The van der Waals surface area contributed by atoms with Crippen LogP contribution in [-0.4, -0.2) is 19.3 Å². The molecule has 0 saturated carbocycles. The quantitative estimate of drug-likeness (QED) is 0.639. The molecule has 0 aliphatic heterocycles. The molecule has 1 heterocycles. The third kappa shape index (κ3) is 4.85. The number of carbonyl (C=O) groups excluding carboxylic acids is 1. The van der Waals surface area contributed by atoms with Crippen molar-refractivity contribution >= 4 is 33.2 Å². The lowest BCUT2D eigenvalue weighted by Crippen LogP contribution is -2.23. The van der Waals surface area contributed by atoms with E-state index < -0.39 is 21.7 Å². The van der Waals surface area contributed by atoms with Crippen LogP contribution in [0.3, 0.4) is 0 Å². The van der Waals surface area contributed by atoms with E-state index in [1.54, 1.807) is 24.5 Å². The van der Waals surface area contributed by atoms with E-state index >= 15 is 0 Å². The second-order valence-electron chi connectivity index (χ2n) is 5.80. The van der Waals surface area contributed by atoms with E-state index in [4.69, 9.17) is 11.6 Å². The summed E-state index contributed by atoms with van der Waals surface area (Å²) in [5, 5.41) is 2.66. The Morgan fingerprint density at radius 3 is 2.39 bits per heavy atom. The zero-order chi connectivity index (χ0) is 20.1. The average molecular weight is 420 g/mol. The van der Waals surface area contributed by atoms with Gasteiger partial charge >= 0.3 is 0 Å². The molecule has 0 fully saturated rings. The Morgan fingerprint density at radius 2 is 1.71 bits per heavy atom. The molecule has 0 radical (unpaired) electrons. The number of pyridine rings is 1. The molecule has 144 valence electrons. The summed E-state index contributed by atoms with van der Waals surface area (Å²) in [5.41, 5.74) is 1.16. The van der Waals surface area contributed by atoms with Gasteiger partial charge in [0, 0.05) is 30.2 Å². The average Bonchev–Trinajstić information content (AvgIpc) is 2.69. The summed E-state index contributed by atoms with van der Waals surface area (Å²) in [6.45, 7) is 0.264. The normalized spacial score (nSPS) is 11.1. The first-order valence-corrected chi connectivity index (χ1v) is 9.96. The molecular formula is C19H15ClFN3O3S. The van der Waals surface area contributed by atoms with Crippen LogP contribution in [0.4, 0.5) is 10.1 Å². The van der Waals surface area contributed by atoms with Crippen LogP contribution in [-0.2, 0) is 16.6 Å². The highest BCUT2D eigenvalue weighted by Gasteiger charge is 2.20. The minimum atomic E-state index is -4.07. The minimum Gasteiger partial charge on any atom is -0.348 e. The third-order valence-corrected chi connectivity index (χ3v) is 5.64. The number of amides is 1. The van der Waals surface area contributed by atoms with Gasteiger partial charge in [-0.3, -0.25) is 14.5 Å². The van der Waals surface area contributed by atoms with Gasteiger partial charge in [0.2, 0.25) is 0 Å². The highest BCUT2D eigenvalue weighted by Crippen LogP contribution is 2.25. The van der Waals surface area contributed by atoms with E-state index in [0.29, 0.717) is 0 Å². The topological polar surface area (TPSA) is 88.2 Å². The number of nitrogens with one attached hydrogen (secondary N) is 2. The zero-order valence-electron chi connectivity index (χ0n) is 14.4. The van der Waals surface area contributed by atoms with Crippen LogP contribution in [0.15, 0.2) is 71.9 Å². The molecule has 0 atom stereocenters. The Hall–Kier alpha value is -2.97. The van der Waals surface area contributed by atoms with Crippen LogP contribution in [0.1, 0.15) is 15.9 Å². The van der Waals surface area contributed by atoms with Gasteiger partial charge in [0.15, 0.2) is 0 Å². The van der Waals surface area contributed by atoms with Crippen LogP contribution in [0.25, 0.3) is 0 Å². The standard InChI is InChI=1S/C19H15ClFN3O3S/c20-17-6-1-14(19(25)23-12-13-7-9-22-10-8-13)11-18(17)28(26,27)24-16-4-2-15(21)3-5-16/h1-11,24H,12H2,(H,23,25). The molecule has 0 aliphatic carbocycles. The maximum absolute atomic E-state index is 13.0. The number of halogens is 2. The molecule has 6 nitrogen and oxygen atoms in total. The zero-order valence-corrected chi connectivity index (χ0v) is 16.0. The number of carbonyl (C=O) groups is 1. The number of rotatable bonds is 6. The van der Waals surface area contributed by atoms with Crippen LogP contribution in [0, 0.1) is 5.82 Å². The van der Waals surface area contributed by atoms with Crippen LogP contribution < -0.4 is 10.0 Å². The first-order valence-electron chi connectivity index (χ1n) is 8.10. The van der Waals surface area contributed by atoms with Crippen molar-refractivity contribution < 1.29 is 17.6 Å². The van der Waals surface area contributed by atoms with E-state index in [1.807, 2.05) is 0 Å². The van der Waals surface area contributed by atoms with Gasteiger partial charge in [-0.15, -0.1) is 0 Å². The lowest BCUT2D eigenvalue weighted by molar-refractivity contribution is 0.0950. The maximum atomic E-state index is 13.0. The number of benzene rings is 2. The highest BCUT2D eigenvalue weighted by atomic mass is 35.5. The van der Waals surface area contributed by atoms with Gasteiger partial charge in [0.05, 0.1) is 5.02 Å². The second-order valence-corrected chi connectivity index (χ2v) is 7.85. The molecule has 0 spiro atoms. The predicted octanol–water partition coefficient (Wildman–Crippen LogP) is 3.60. The Bertz CT molecular complexity index is 1090. The molecule has 0 saturated heterocycles. The molecule has 0 bridgehead atoms. The monoisotopic (exact) mass is 419 g/mol. The molecular weight excluding hydrogens is 405 g/mol. The molecule has 1 amide bonds. The molecule has 1 aromatic heterocycles. The molecule has 9 heteroatoms. The fourth-order valence-electron chi connectivity index (χ4n) is 2.36. The first-order chi connectivity index (χ1) is 13.3. The number of anilines is 1. The Morgan fingerprint density at radius 1 is 1.04 bits per heavy atom. The van der Waals surface area contributed by atoms with Crippen molar-refractivity contribution in [3.8, 4) is 0 Å². The van der Waals surface area contributed by atoms with Gasteiger partial charge in [-0.05, 0) is 60.2 Å². The summed E-state index contributed by atoms with van der Waals surface area (Å²) in [4.78, 5) is 16.0. The maximum Gasteiger partial charge on any atom is 0.263 e. The molecule has 3 aromatic rings. The van der Waals surface area contributed by atoms with Gasteiger partial charge in [-0.1, -0.05) is 11.6 Å². The van der Waals surface area contributed by atoms with E-state index in [-0.39, 0.29) is 27.7 Å². The fourth-order valence-corrected chi connectivity index (χ4v) is 3.95. The smallest absolute Gasteiger partial charge is 0.263 e. The first kappa shape index (κ1) is 19.8. The molecule has 0 unspecified atom stereocenters. The predicted molar refractivity (Wildman–Crippen MR) is 104 cm³/mol. The molecule has 2 aromatic carbocycles. The van der Waals surface area contributed by atoms with Gasteiger partial charge in [-0.2, -0.15) is 0 Å². The van der Waals surface area contributed by atoms with Crippen molar-refractivity contribution in [1.82, 2.24) is 10.3 Å². The second kappa shape index (κ2) is 8.37. The van der Waals surface area contributed by atoms with Gasteiger partial charge in [-0.25, -0.2) is 12.8 Å². The fraction of sp³-hybridized carbons (Fsp3) is 0.0526. The molecule has 2 N–H and O–H groups in total. The van der Waals surface area contributed by atoms with Crippen LogP contribution in [0.2, 0.25) is 5.02 Å².